The van der Waals surface area contributed by atoms with Gasteiger partial charge in [-0.25, -0.2) is 0 Å². The zero-order valence-corrected chi connectivity index (χ0v) is 4.31. The fourth-order valence-corrected chi connectivity index (χ4v) is 0.257. The van der Waals surface area contributed by atoms with Gasteiger partial charge in [0.05, 0.1) is 6.26 Å². The molecule has 0 aliphatic rings. The Hall–Kier alpha value is -0.630. The quantitative estimate of drug-likeness (QED) is 0.562. The summed E-state index contributed by atoms with van der Waals surface area (Å²) < 4.78 is 4.46. The topological polar surface area (TPSA) is 33.4 Å². The predicted molar refractivity (Wildman–Crippen MR) is 27.6 cm³/mol. The Kier molecular flexibility index (Phi) is 2.30. The fraction of sp³-hybridized carbons (Fsp3) is 0. The van der Waals surface area contributed by atoms with Gasteiger partial charge in [-0.2, -0.15) is 0 Å². The normalized spacial score (nSPS) is 7.43. The molecule has 0 aromatic carbocycles. The molecule has 2 nitrogen and oxygen atoms in total. The molecular formula is C4H5ClO2. The second kappa shape index (κ2) is 2.53. The number of hydrogen-bond donors (Lipinski definition) is 1. The van der Waals surface area contributed by atoms with Gasteiger partial charge in [0.15, 0.2) is 5.75 Å². The molecule has 0 unspecified atom stereocenters. The third-order valence-corrected chi connectivity index (χ3v) is 0.506. The van der Waals surface area contributed by atoms with Crippen LogP contribution in [0.4, 0.5) is 0 Å². The first-order valence-electron chi connectivity index (χ1n) is 1.61. The van der Waals surface area contributed by atoms with Gasteiger partial charge in [0.1, 0.15) is 6.26 Å². The monoisotopic (exact) mass is 120 g/mol. The van der Waals surface area contributed by atoms with Gasteiger partial charge in [0.2, 0.25) is 0 Å². The molecule has 3 heteroatoms. The summed E-state index contributed by atoms with van der Waals surface area (Å²) >= 11 is 0. The Morgan fingerprint density at radius 3 is 2.43 bits per heavy atom. The second-order valence-corrected chi connectivity index (χ2v) is 0.982. The smallest absolute Gasteiger partial charge is 0.153 e. The van der Waals surface area contributed by atoms with E-state index < -0.39 is 0 Å². The van der Waals surface area contributed by atoms with Crippen LogP contribution in [0.1, 0.15) is 0 Å². The molecule has 0 bridgehead atoms. The Labute approximate surface area is 47.2 Å². The molecule has 1 aromatic heterocycles. The highest BCUT2D eigenvalue weighted by molar-refractivity contribution is 5.85. The van der Waals surface area contributed by atoms with Crippen LogP contribution in [0, 0.1) is 0 Å². The highest BCUT2D eigenvalue weighted by Crippen LogP contribution is 2.04. The molecule has 0 amide bonds. The van der Waals surface area contributed by atoms with Gasteiger partial charge in [0, 0.05) is 6.07 Å². The molecule has 0 spiro atoms. The van der Waals surface area contributed by atoms with E-state index in [9.17, 15) is 0 Å². The molecule has 0 aliphatic heterocycles. The first kappa shape index (κ1) is 6.37. The van der Waals surface area contributed by atoms with Crippen LogP contribution in [0.5, 0.6) is 5.75 Å². The molecule has 40 valence electrons. The van der Waals surface area contributed by atoms with Gasteiger partial charge >= 0.3 is 0 Å². The first-order valence-corrected chi connectivity index (χ1v) is 1.61. The minimum absolute atomic E-state index is 0. The highest BCUT2D eigenvalue weighted by atomic mass is 35.5. The van der Waals surface area contributed by atoms with E-state index in [0.29, 0.717) is 0 Å². The highest BCUT2D eigenvalue weighted by Gasteiger charge is 1.79. The molecule has 0 radical (unpaired) electrons. The van der Waals surface area contributed by atoms with Crippen molar-refractivity contribution in [2.24, 2.45) is 0 Å². The Morgan fingerprint density at radius 1 is 1.57 bits per heavy atom. The Bertz CT molecular complexity index is 113. The van der Waals surface area contributed by atoms with Gasteiger partial charge in [-0.3, -0.25) is 0 Å². The van der Waals surface area contributed by atoms with Gasteiger partial charge in [-0.15, -0.1) is 12.4 Å². The fourth-order valence-electron chi connectivity index (χ4n) is 0.257. The van der Waals surface area contributed by atoms with Gasteiger partial charge in [0.25, 0.3) is 0 Å². The van der Waals surface area contributed by atoms with Crippen molar-refractivity contribution in [2.45, 2.75) is 0 Å². The third kappa shape index (κ3) is 1.50. The molecule has 1 heterocycles. The van der Waals surface area contributed by atoms with Crippen molar-refractivity contribution >= 4 is 12.4 Å². The number of rotatable bonds is 0. The molecular weight excluding hydrogens is 115 g/mol. The van der Waals surface area contributed by atoms with Crippen molar-refractivity contribution < 1.29 is 9.52 Å². The van der Waals surface area contributed by atoms with Crippen molar-refractivity contribution in [1.29, 1.82) is 0 Å². The van der Waals surface area contributed by atoms with E-state index in [1.54, 1.807) is 0 Å². The largest absolute Gasteiger partial charge is 0.505 e. The standard InChI is InChI=1S/C4H4O2.ClH/c5-4-1-2-6-3-4;/h1-3,5H;1H. The van der Waals surface area contributed by atoms with Gasteiger partial charge in [-0.1, -0.05) is 0 Å². The van der Waals surface area contributed by atoms with E-state index in [0.717, 1.165) is 0 Å². The number of aromatic hydroxyl groups is 1. The number of furan rings is 1. The van der Waals surface area contributed by atoms with Crippen LogP contribution in [0.25, 0.3) is 0 Å². The Morgan fingerprint density at radius 2 is 2.29 bits per heavy atom. The average Bonchev–Trinajstić information content (AvgIpc) is 1.86. The summed E-state index contributed by atoms with van der Waals surface area (Å²) in [7, 11) is 0. The van der Waals surface area contributed by atoms with Gasteiger partial charge < -0.3 is 9.52 Å². The average molecular weight is 121 g/mol. The summed E-state index contributed by atoms with van der Waals surface area (Å²) in [5.74, 6) is 0.176. The van der Waals surface area contributed by atoms with Crippen molar-refractivity contribution in [3.63, 3.8) is 0 Å². The maximum absolute atomic E-state index is 8.38. The van der Waals surface area contributed by atoms with Crippen LogP contribution in [-0.4, -0.2) is 5.11 Å². The van der Waals surface area contributed by atoms with E-state index in [-0.39, 0.29) is 18.2 Å². The van der Waals surface area contributed by atoms with Crippen LogP contribution in [0.3, 0.4) is 0 Å². The lowest BCUT2D eigenvalue weighted by Gasteiger charge is -1.66. The predicted octanol–water partition coefficient (Wildman–Crippen LogP) is 1.41. The van der Waals surface area contributed by atoms with Crippen LogP contribution in [-0.2, 0) is 0 Å². The Balaban J connectivity index is 0.000000360. The van der Waals surface area contributed by atoms with Crippen molar-refractivity contribution in [3.8, 4) is 5.75 Å². The molecule has 7 heavy (non-hydrogen) atoms. The summed E-state index contributed by atoms with van der Waals surface area (Å²) in [6.07, 6.45) is 2.68. The van der Waals surface area contributed by atoms with E-state index in [1.807, 2.05) is 0 Å². The molecule has 0 saturated carbocycles. The summed E-state index contributed by atoms with van der Waals surface area (Å²) in [6.45, 7) is 0. The molecule has 0 atom stereocenters. The molecule has 0 fully saturated rings. The summed E-state index contributed by atoms with van der Waals surface area (Å²) in [6, 6.07) is 1.47. The zero-order chi connectivity index (χ0) is 4.41. The van der Waals surface area contributed by atoms with E-state index in [1.165, 1.54) is 18.6 Å². The van der Waals surface area contributed by atoms with E-state index >= 15 is 0 Å². The number of hydrogen-bond acceptors (Lipinski definition) is 2. The van der Waals surface area contributed by atoms with Crippen LogP contribution in [0.2, 0.25) is 0 Å². The molecule has 1 N–H and O–H groups in total. The lowest BCUT2D eigenvalue weighted by atomic mass is 10.6. The maximum Gasteiger partial charge on any atom is 0.153 e. The molecule has 1 rings (SSSR count). The van der Waals surface area contributed by atoms with E-state index in [4.69, 9.17) is 5.11 Å². The van der Waals surface area contributed by atoms with Crippen LogP contribution in [0.15, 0.2) is 23.0 Å². The zero-order valence-electron chi connectivity index (χ0n) is 3.50. The SMILES string of the molecule is Cl.Oc1ccoc1. The summed E-state index contributed by atoms with van der Waals surface area (Å²) in [4.78, 5) is 0. The van der Waals surface area contributed by atoms with Crippen molar-refractivity contribution in [3.05, 3.63) is 18.6 Å². The van der Waals surface area contributed by atoms with Crippen molar-refractivity contribution in [1.82, 2.24) is 0 Å². The summed E-state index contributed by atoms with van der Waals surface area (Å²) in [5, 5.41) is 8.38. The minimum atomic E-state index is 0. The second-order valence-electron chi connectivity index (χ2n) is 0.982. The maximum atomic E-state index is 8.38. The molecule has 0 saturated heterocycles. The number of halogens is 1. The van der Waals surface area contributed by atoms with Gasteiger partial charge in [-0.05, 0) is 0 Å². The summed E-state index contributed by atoms with van der Waals surface area (Å²) in [5.41, 5.74) is 0. The van der Waals surface area contributed by atoms with E-state index in [2.05, 4.69) is 4.42 Å². The third-order valence-electron chi connectivity index (χ3n) is 0.506. The van der Waals surface area contributed by atoms with Crippen molar-refractivity contribution in [2.75, 3.05) is 0 Å². The first-order chi connectivity index (χ1) is 2.89. The molecule has 0 aliphatic carbocycles. The molecule has 1 aromatic rings. The lowest BCUT2D eigenvalue weighted by molar-refractivity contribution is 0.458. The van der Waals surface area contributed by atoms with Crippen LogP contribution >= 0.6 is 12.4 Å². The van der Waals surface area contributed by atoms with Crippen LogP contribution < -0.4 is 0 Å². The lowest BCUT2D eigenvalue weighted by Crippen LogP contribution is -1.40. The minimum Gasteiger partial charge on any atom is -0.505 e.